The highest BCUT2D eigenvalue weighted by atomic mass is 16.3. The van der Waals surface area contributed by atoms with Gasteiger partial charge in [0.25, 0.3) is 13.4 Å². The summed E-state index contributed by atoms with van der Waals surface area (Å²) in [5.74, 6) is 0. The lowest BCUT2D eigenvalue weighted by atomic mass is 9.33. The normalized spacial score (nSPS) is 14.9. The molecule has 19 aromatic rings. The van der Waals surface area contributed by atoms with Gasteiger partial charge in [-0.05, 0) is 327 Å². The molecule has 0 bridgehead atoms. The molecule has 8 heterocycles. The first kappa shape index (κ1) is 89.9. The molecule has 4 aliphatic heterocycles. The van der Waals surface area contributed by atoms with Crippen molar-refractivity contribution in [2.24, 2.45) is 0 Å². The van der Waals surface area contributed by atoms with Gasteiger partial charge < -0.3 is 37.6 Å². The predicted octanol–water partition coefficient (Wildman–Crippen LogP) is 32.4. The quantitative estimate of drug-likeness (QED) is 0.101. The summed E-state index contributed by atoms with van der Waals surface area (Å²) in [6.45, 7) is 57.1. The van der Waals surface area contributed by atoms with E-state index in [2.05, 4.69) is 498 Å². The number of hydrogen-bond donors (Lipinski definition) is 0. The topological polar surface area (TPSA) is 49.1 Å². The zero-order chi connectivity index (χ0) is 98.1. The first-order valence-electron chi connectivity index (χ1n) is 51.5. The molecule has 0 radical (unpaired) electrons. The van der Waals surface area contributed by atoms with E-state index in [9.17, 15) is 0 Å². The number of para-hydroxylation sites is 4. The van der Waals surface area contributed by atoms with Crippen molar-refractivity contribution >= 4 is 180 Å². The molecule has 10 heteroatoms. The lowest BCUT2D eigenvalue weighted by molar-refractivity contribution is 0.332. The Kier molecular flexibility index (Phi) is 19.9. The largest absolute Gasteiger partial charge is 0.454 e. The van der Waals surface area contributed by atoms with Crippen LogP contribution in [0.1, 0.15) is 241 Å². The van der Waals surface area contributed by atoms with Gasteiger partial charge in [-0.1, -0.05) is 311 Å². The molecular weight excluding hydrogens is 1710 g/mol. The maximum absolute atomic E-state index is 7.06. The molecule has 0 unspecified atom stereocenters. The van der Waals surface area contributed by atoms with Crippen LogP contribution >= 0.6 is 0 Å². The highest BCUT2D eigenvalue weighted by molar-refractivity contribution is 7.01. The van der Waals surface area contributed by atoms with Crippen LogP contribution in [0.15, 0.2) is 312 Å². The molecule has 0 N–H and O–H groups in total. The van der Waals surface area contributed by atoms with Crippen LogP contribution in [0.2, 0.25) is 0 Å². The van der Waals surface area contributed by atoms with E-state index in [0.717, 1.165) is 126 Å². The molecular formula is C131H130B2N6O2. The second-order valence-electron chi connectivity index (χ2n) is 49.5. The van der Waals surface area contributed by atoms with Crippen molar-refractivity contribution in [3.05, 3.63) is 359 Å². The van der Waals surface area contributed by atoms with Gasteiger partial charge in [-0.2, -0.15) is 0 Å². The van der Waals surface area contributed by atoms with Crippen molar-refractivity contribution in [3.8, 4) is 22.5 Å². The summed E-state index contributed by atoms with van der Waals surface area (Å²) in [5.41, 5.74) is 46.8. The number of fused-ring (bicyclic) bond motifs is 19. The summed E-state index contributed by atoms with van der Waals surface area (Å²) in [7, 11) is 0. The van der Waals surface area contributed by atoms with Crippen LogP contribution in [-0.2, 0) is 48.7 Å². The Morgan fingerprint density at radius 3 is 1.06 bits per heavy atom. The van der Waals surface area contributed by atoms with Gasteiger partial charge in [-0.25, -0.2) is 0 Å². The molecule has 0 spiro atoms. The van der Waals surface area contributed by atoms with Gasteiger partial charge in [0.2, 0.25) is 0 Å². The highest BCUT2D eigenvalue weighted by Gasteiger charge is 2.49. The zero-order valence-electron chi connectivity index (χ0n) is 86.9. The number of aromatic nitrogens is 2. The Balaban J connectivity index is 0.634. The SMILES string of the molecule is Cc1cc2c(cc1N1c3cc(N(c4ccc(C(C)(C)C)cc4)c4ccc(C(C)(C)CCC(C)(C)c5ccc(N6c7cc(N(c8ccc(C(C)(C)C)cc8)c8ccc(C(C)(C)C)cc8)ccc7B7c8c6cc(C(C)(C)C)cc8-n6c8c7cccc8c7oc8ccccc8c76)c(-c6ccccc6)c5)cc4)ccc3B3c4c1cc(C(C)(C)C)cc4-n1c4c3cccc4c3oc4ccccc4c31)C(C)(C)CCC2(C)C. The van der Waals surface area contributed by atoms with Gasteiger partial charge in [-0.15, -0.1) is 0 Å². The number of anilines is 12. The van der Waals surface area contributed by atoms with E-state index in [4.69, 9.17) is 8.83 Å². The molecule has 15 aromatic carbocycles. The first-order chi connectivity index (χ1) is 67.0. The standard InChI is InChI=1S/C131H130B2N6O2/c1-79-70-99-100(131(23,24)69-68-130(99,21)22)78-106(79)137-108-77-93(62-64-102(108)133-104-41-33-39-97-118(104)139(120-95-37-29-31-43-114(95)141-122(97)120)112-75-87(127(14,15)16)73-110(137)116(112)133)135(90-57-48-83(49-58-90)125(8,9)10)91-59-50-84(51-60-91)128(17,18)66-67-129(19,20)85-52-65-105(98(71-85)80-34-26-25-27-35-80)136-107-76-92(134(88-53-44-81(45-54-88)123(2,3)4)89-55-46-82(47-56-89)124(5,6)7)61-63-101(107)132-103-40-32-38-96-117(103)138(119-94-36-28-30-42-113(94)140-121(96)119)111-74-86(126(11,12)13)72-109(136)115(111)132/h25-65,70-78H,66-69H2,1-24H3. The molecule has 4 aromatic heterocycles. The van der Waals surface area contributed by atoms with E-state index in [1.54, 1.807) is 0 Å². The summed E-state index contributed by atoms with van der Waals surface area (Å²) >= 11 is 0. The van der Waals surface area contributed by atoms with Crippen molar-refractivity contribution in [1.29, 1.82) is 0 Å². The molecule has 0 fully saturated rings. The van der Waals surface area contributed by atoms with Crippen molar-refractivity contribution in [1.82, 2.24) is 9.13 Å². The third-order valence-corrected chi connectivity index (χ3v) is 33.2. The smallest absolute Gasteiger partial charge is 0.252 e. The fourth-order valence-corrected chi connectivity index (χ4v) is 24.6. The van der Waals surface area contributed by atoms with E-state index in [0.29, 0.717) is 0 Å². The monoisotopic (exact) mass is 1840 g/mol. The maximum atomic E-state index is 7.06. The second-order valence-corrected chi connectivity index (χ2v) is 49.5. The lowest BCUT2D eigenvalue weighted by Crippen LogP contribution is -2.60. The average Bonchev–Trinajstić information content (AvgIpc) is 1.58. The minimum Gasteiger partial charge on any atom is -0.454 e. The van der Waals surface area contributed by atoms with Gasteiger partial charge in [0.1, 0.15) is 22.2 Å². The van der Waals surface area contributed by atoms with Gasteiger partial charge in [-0.3, -0.25) is 0 Å². The Labute approximate surface area is 834 Å². The average molecular weight is 1840 g/mol. The Bertz CT molecular complexity index is 8320. The molecule has 8 nitrogen and oxygen atoms in total. The van der Waals surface area contributed by atoms with Gasteiger partial charge in [0, 0.05) is 101 Å². The van der Waals surface area contributed by atoms with Crippen LogP contribution < -0.4 is 52.4 Å². The Hall–Kier alpha value is -13.7. The molecule has 1 aliphatic carbocycles. The molecule has 0 amide bonds. The molecule has 5 aliphatic rings. The summed E-state index contributed by atoms with van der Waals surface area (Å²) in [4.78, 5) is 10.4. The number of nitrogens with zero attached hydrogens (tertiary/aromatic N) is 6. The highest BCUT2D eigenvalue weighted by Crippen LogP contribution is 2.56. The molecule has 141 heavy (non-hydrogen) atoms. The van der Waals surface area contributed by atoms with Crippen LogP contribution in [0.3, 0.4) is 0 Å². The van der Waals surface area contributed by atoms with Crippen molar-refractivity contribution in [3.63, 3.8) is 0 Å². The predicted molar refractivity (Wildman–Crippen MR) is 603 cm³/mol. The van der Waals surface area contributed by atoms with Gasteiger partial charge >= 0.3 is 0 Å². The minimum atomic E-state index is -0.275. The Morgan fingerprint density at radius 1 is 0.284 bits per heavy atom. The summed E-state index contributed by atoms with van der Waals surface area (Å²) in [6.07, 6.45) is 4.14. The van der Waals surface area contributed by atoms with Gasteiger partial charge in [0.15, 0.2) is 11.2 Å². The summed E-state index contributed by atoms with van der Waals surface area (Å²) in [6, 6.07) is 118. The van der Waals surface area contributed by atoms with E-state index >= 15 is 0 Å². The number of furan rings is 2. The Morgan fingerprint density at radius 2 is 0.638 bits per heavy atom. The number of benzene rings is 15. The number of rotatable bonds is 14. The first-order valence-corrected chi connectivity index (χ1v) is 51.5. The molecule has 702 valence electrons. The van der Waals surface area contributed by atoms with Crippen LogP contribution in [-0.4, -0.2) is 22.6 Å². The van der Waals surface area contributed by atoms with E-state index < -0.39 is 0 Å². The molecule has 0 atom stereocenters. The molecule has 0 saturated carbocycles. The third kappa shape index (κ3) is 14.2. The van der Waals surface area contributed by atoms with Gasteiger partial charge in [0.05, 0.1) is 16.7 Å². The van der Waals surface area contributed by atoms with E-state index in [-0.39, 0.29) is 62.2 Å². The fourth-order valence-electron chi connectivity index (χ4n) is 24.6. The van der Waals surface area contributed by atoms with E-state index in [1.807, 2.05) is 0 Å². The zero-order valence-corrected chi connectivity index (χ0v) is 86.9. The summed E-state index contributed by atoms with van der Waals surface area (Å²) in [5, 5.41) is 4.52. The van der Waals surface area contributed by atoms with Crippen molar-refractivity contribution in [2.75, 3.05) is 19.6 Å². The van der Waals surface area contributed by atoms with E-state index in [1.165, 1.54) is 145 Å². The maximum Gasteiger partial charge on any atom is 0.252 e. The number of aryl methyl sites for hydroxylation is 1. The number of hydrogen-bond acceptors (Lipinski definition) is 6. The van der Waals surface area contributed by atoms with Crippen molar-refractivity contribution in [2.45, 2.75) is 241 Å². The van der Waals surface area contributed by atoms with Crippen LogP contribution in [0.4, 0.5) is 68.2 Å². The molecule has 0 saturated heterocycles. The summed E-state index contributed by atoms with van der Waals surface area (Å²) < 4.78 is 19.3. The fraction of sp³-hybridized carbons (Fsp3) is 0.282. The lowest BCUT2D eigenvalue weighted by Gasteiger charge is -2.45. The van der Waals surface area contributed by atoms with Crippen LogP contribution in [0, 0.1) is 6.92 Å². The third-order valence-electron chi connectivity index (χ3n) is 33.2. The minimum absolute atomic E-state index is 0.0257. The van der Waals surface area contributed by atoms with Crippen LogP contribution in [0.5, 0.6) is 0 Å². The van der Waals surface area contributed by atoms with Crippen LogP contribution in [0.25, 0.3) is 88.4 Å². The van der Waals surface area contributed by atoms with Crippen molar-refractivity contribution < 1.29 is 8.83 Å². The molecule has 24 rings (SSSR count). The second kappa shape index (κ2) is 31.2.